The normalized spacial score (nSPS) is 11.6. The number of fused-ring (bicyclic) bond motifs is 1. The number of rotatable bonds is 8. The van der Waals surface area contributed by atoms with Gasteiger partial charge in [-0.2, -0.15) is 0 Å². The quantitative estimate of drug-likeness (QED) is 0.171. The maximum atomic E-state index is 13.0. The lowest BCUT2D eigenvalue weighted by Gasteiger charge is -2.16. The second kappa shape index (κ2) is 11.5. The van der Waals surface area contributed by atoms with Crippen molar-refractivity contribution in [1.82, 2.24) is 4.98 Å². The molecular formula is C26H26N4O2S3. The highest BCUT2D eigenvalue weighted by Gasteiger charge is 2.20. The third-order valence-corrected chi connectivity index (χ3v) is 7.66. The first-order valence-electron chi connectivity index (χ1n) is 11.1. The van der Waals surface area contributed by atoms with Gasteiger partial charge in [-0.3, -0.25) is 4.79 Å². The maximum absolute atomic E-state index is 13.0. The average Bonchev–Trinajstić information content (AvgIpc) is 3.24. The van der Waals surface area contributed by atoms with Crippen LogP contribution in [0.15, 0.2) is 71.6 Å². The third-order valence-electron chi connectivity index (χ3n) is 5.16. The molecule has 0 radical (unpaired) electrons. The van der Waals surface area contributed by atoms with Gasteiger partial charge in [-0.15, -0.1) is 11.8 Å². The Morgan fingerprint density at radius 2 is 1.91 bits per heavy atom. The Bertz CT molecular complexity index is 1360. The minimum Gasteiger partial charge on any atom is -0.495 e. The Balaban J connectivity index is 1.39. The van der Waals surface area contributed by atoms with E-state index in [0.29, 0.717) is 22.4 Å². The Kier molecular flexibility index (Phi) is 8.22. The van der Waals surface area contributed by atoms with Crippen LogP contribution in [-0.2, 0) is 4.79 Å². The zero-order valence-corrected chi connectivity index (χ0v) is 22.1. The number of carbonyl (C=O) groups is 1. The zero-order chi connectivity index (χ0) is 24.8. The average molecular weight is 523 g/mol. The fourth-order valence-electron chi connectivity index (χ4n) is 3.44. The molecule has 1 unspecified atom stereocenters. The Hall–Kier alpha value is -3.14. The van der Waals surface area contributed by atoms with Crippen LogP contribution in [0.4, 0.5) is 16.5 Å². The van der Waals surface area contributed by atoms with Gasteiger partial charge in [0.15, 0.2) is 10.2 Å². The number of thiocarbonyl (C=S) groups is 1. The number of aromatic nitrogens is 1. The lowest BCUT2D eigenvalue weighted by atomic mass is 10.2. The number of nitrogens with zero attached hydrogens (tertiary/aromatic N) is 1. The molecule has 4 aromatic rings. The van der Waals surface area contributed by atoms with Crippen molar-refractivity contribution in [2.75, 3.05) is 23.1 Å². The molecule has 0 aliphatic carbocycles. The van der Waals surface area contributed by atoms with Gasteiger partial charge in [-0.25, -0.2) is 4.98 Å². The number of aryl methyl sites for hydroxylation is 1. The fourth-order valence-corrected chi connectivity index (χ4v) is 5.65. The SMILES string of the molecule is CCC(Sc1cccc(NC(=S)Nc2ccccc2OC)c1)C(=O)Nc1nc2ccc(C)cc2s1. The summed E-state index contributed by atoms with van der Waals surface area (Å²) in [4.78, 5) is 18.5. The van der Waals surface area contributed by atoms with Gasteiger partial charge in [-0.1, -0.05) is 42.5 Å². The van der Waals surface area contributed by atoms with Crippen LogP contribution in [0.1, 0.15) is 18.9 Å². The van der Waals surface area contributed by atoms with Crippen LogP contribution in [0.3, 0.4) is 0 Å². The van der Waals surface area contributed by atoms with E-state index in [9.17, 15) is 4.79 Å². The molecule has 1 amide bonds. The number of amides is 1. The van der Waals surface area contributed by atoms with E-state index in [-0.39, 0.29) is 11.2 Å². The van der Waals surface area contributed by atoms with E-state index in [1.807, 2.05) is 74.5 Å². The number of ether oxygens (including phenoxy) is 1. The lowest BCUT2D eigenvalue weighted by molar-refractivity contribution is -0.115. The van der Waals surface area contributed by atoms with Gasteiger partial charge in [0.2, 0.25) is 5.91 Å². The summed E-state index contributed by atoms with van der Waals surface area (Å²) < 4.78 is 6.43. The molecule has 4 rings (SSSR count). The van der Waals surface area contributed by atoms with Crippen LogP contribution < -0.4 is 20.7 Å². The van der Waals surface area contributed by atoms with Crippen LogP contribution in [0, 0.1) is 6.92 Å². The van der Waals surface area contributed by atoms with E-state index in [0.717, 1.165) is 26.5 Å². The van der Waals surface area contributed by atoms with Crippen molar-refractivity contribution in [2.24, 2.45) is 0 Å². The third kappa shape index (κ3) is 6.50. The van der Waals surface area contributed by atoms with Crippen molar-refractivity contribution < 1.29 is 9.53 Å². The second-order valence-electron chi connectivity index (χ2n) is 7.80. The zero-order valence-electron chi connectivity index (χ0n) is 19.6. The summed E-state index contributed by atoms with van der Waals surface area (Å²) in [6.07, 6.45) is 0.686. The summed E-state index contributed by atoms with van der Waals surface area (Å²) in [6.45, 7) is 4.05. The smallest absolute Gasteiger partial charge is 0.239 e. The summed E-state index contributed by atoms with van der Waals surface area (Å²) in [5.41, 5.74) is 3.69. The summed E-state index contributed by atoms with van der Waals surface area (Å²) in [6, 6.07) is 21.5. The van der Waals surface area contributed by atoms with Gasteiger partial charge in [0.25, 0.3) is 0 Å². The van der Waals surface area contributed by atoms with Crippen LogP contribution >= 0.6 is 35.3 Å². The highest BCUT2D eigenvalue weighted by molar-refractivity contribution is 8.00. The van der Waals surface area contributed by atoms with Crippen LogP contribution in [0.5, 0.6) is 5.75 Å². The number of thioether (sulfide) groups is 1. The van der Waals surface area contributed by atoms with Crippen LogP contribution in [0.2, 0.25) is 0 Å². The summed E-state index contributed by atoms with van der Waals surface area (Å²) in [7, 11) is 1.62. The van der Waals surface area contributed by atoms with Gasteiger partial charge >= 0.3 is 0 Å². The molecule has 0 aliphatic rings. The molecule has 0 aliphatic heterocycles. The number of methoxy groups -OCH3 is 1. The largest absolute Gasteiger partial charge is 0.495 e. The predicted octanol–water partition coefficient (Wildman–Crippen LogP) is 6.93. The molecule has 0 bridgehead atoms. The van der Waals surface area contributed by atoms with Crippen LogP contribution in [-0.4, -0.2) is 28.4 Å². The van der Waals surface area contributed by atoms with Gasteiger partial charge in [-0.05, 0) is 73.6 Å². The molecule has 0 spiro atoms. The number of benzene rings is 3. The molecule has 0 saturated heterocycles. The van der Waals surface area contributed by atoms with E-state index in [1.54, 1.807) is 7.11 Å². The van der Waals surface area contributed by atoms with E-state index < -0.39 is 0 Å². The van der Waals surface area contributed by atoms with Crippen molar-refractivity contribution in [2.45, 2.75) is 30.4 Å². The number of para-hydroxylation sites is 2. The molecule has 3 N–H and O–H groups in total. The molecule has 1 aromatic heterocycles. The lowest BCUT2D eigenvalue weighted by Crippen LogP contribution is -2.24. The van der Waals surface area contributed by atoms with Crippen molar-refractivity contribution in [3.8, 4) is 5.75 Å². The van der Waals surface area contributed by atoms with Crippen molar-refractivity contribution in [3.05, 3.63) is 72.3 Å². The van der Waals surface area contributed by atoms with Gasteiger partial charge in [0, 0.05) is 10.6 Å². The number of thiazole rings is 1. The first-order chi connectivity index (χ1) is 16.9. The van der Waals surface area contributed by atoms with Crippen LogP contribution in [0.25, 0.3) is 10.2 Å². The summed E-state index contributed by atoms with van der Waals surface area (Å²) in [5.74, 6) is 0.654. The molecule has 0 saturated carbocycles. The van der Waals surface area contributed by atoms with Crippen molar-refractivity contribution in [1.29, 1.82) is 0 Å². The topological polar surface area (TPSA) is 75.3 Å². The van der Waals surface area contributed by atoms with Crippen molar-refractivity contribution in [3.63, 3.8) is 0 Å². The number of hydrogen-bond acceptors (Lipinski definition) is 6. The molecular weight excluding hydrogens is 497 g/mol. The first kappa shape index (κ1) is 25.0. The molecule has 9 heteroatoms. The highest BCUT2D eigenvalue weighted by Crippen LogP contribution is 2.31. The standard InChI is InChI=1S/C26H26N4O2S3/c1-4-22(24(31)30-26-29-20-13-12-16(2)14-23(20)35-26)34-18-9-7-8-17(15-18)27-25(33)28-19-10-5-6-11-21(19)32-3/h5-15,22H,4H2,1-3H3,(H2,27,28,33)(H,29,30,31). The molecule has 180 valence electrons. The van der Waals surface area contributed by atoms with E-state index in [1.165, 1.54) is 28.7 Å². The summed E-state index contributed by atoms with van der Waals surface area (Å²) >= 11 is 8.49. The van der Waals surface area contributed by atoms with Gasteiger partial charge < -0.3 is 20.7 Å². The number of nitrogens with one attached hydrogen (secondary N) is 3. The Labute approximate surface area is 218 Å². The minimum atomic E-state index is -0.252. The second-order valence-corrected chi connectivity index (χ2v) is 10.5. The van der Waals surface area contributed by atoms with E-state index >= 15 is 0 Å². The first-order valence-corrected chi connectivity index (χ1v) is 13.2. The molecule has 3 aromatic carbocycles. The number of anilines is 3. The maximum Gasteiger partial charge on any atom is 0.239 e. The number of hydrogen-bond donors (Lipinski definition) is 3. The van der Waals surface area contributed by atoms with Gasteiger partial charge in [0.1, 0.15) is 5.75 Å². The number of carbonyl (C=O) groups excluding carboxylic acids is 1. The van der Waals surface area contributed by atoms with Crippen molar-refractivity contribution >= 4 is 73.1 Å². The molecule has 1 heterocycles. The monoisotopic (exact) mass is 522 g/mol. The predicted molar refractivity (Wildman–Crippen MR) is 152 cm³/mol. The molecule has 6 nitrogen and oxygen atoms in total. The minimum absolute atomic E-state index is 0.0556. The fraction of sp³-hybridized carbons (Fsp3) is 0.192. The van der Waals surface area contributed by atoms with E-state index in [2.05, 4.69) is 27.0 Å². The highest BCUT2D eigenvalue weighted by atomic mass is 32.2. The van der Waals surface area contributed by atoms with E-state index in [4.69, 9.17) is 17.0 Å². The Morgan fingerprint density at radius 3 is 2.71 bits per heavy atom. The van der Waals surface area contributed by atoms with Gasteiger partial charge in [0.05, 0.1) is 28.3 Å². The molecule has 35 heavy (non-hydrogen) atoms. The summed E-state index contributed by atoms with van der Waals surface area (Å²) in [5, 5.41) is 10.2. The molecule has 0 fully saturated rings. The molecule has 1 atom stereocenters. The Morgan fingerprint density at radius 1 is 1.09 bits per heavy atom.